The number of hydrogen-bond donors (Lipinski definition) is 1. The van der Waals surface area contributed by atoms with Crippen LogP contribution in [0, 0.1) is 18.7 Å². The molecule has 2 aromatic rings. The number of aryl methyl sites for hydroxylation is 1. The maximum atomic E-state index is 13.6. The number of rotatable bonds is 2. The molecule has 1 aliphatic heterocycles. The Kier molecular flexibility index (Phi) is 5.12. The summed E-state index contributed by atoms with van der Waals surface area (Å²) in [5.41, 5.74) is 3.73. The third-order valence-electron chi connectivity index (χ3n) is 4.41. The van der Waals surface area contributed by atoms with E-state index >= 15 is 0 Å². The van der Waals surface area contributed by atoms with Crippen LogP contribution in [0.5, 0.6) is 0 Å². The van der Waals surface area contributed by atoms with Crippen molar-refractivity contribution in [1.29, 1.82) is 0 Å². The third-order valence-corrected chi connectivity index (χ3v) is 4.41. The van der Waals surface area contributed by atoms with Gasteiger partial charge in [-0.3, -0.25) is 4.98 Å². The van der Waals surface area contributed by atoms with Crippen LogP contribution in [-0.4, -0.2) is 29.0 Å². The van der Waals surface area contributed by atoms with Gasteiger partial charge >= 0.3 is 6.03 Å². The second-order valence-corrected chi connectivity index (χ2v) is 6.55. The number of nitrogens with zero attached hydrogens (tertiary/aromatic N) is 2. The van der Waals surface area contributed by atoms with Crippen molar-refractivity contribution in [3.63, 3.8) is 0 Å². The predicted molar refractivity (Wildman–Crippen MR) is 97.7 cm³/mol. The summed E-state index contributed by atoms with van der Waals surface area (Å²) in [6, 6.07) is 8.54. The Balaban J connectivity index is 1.66. The second kappa shape index (κ2) is 7.47. The average molecular weight is 339 g/mol. The van der Waals surface area contributed by atoms with Crippen molar-refractivity contribution in [3.05, 3.63) is 65.2 Å². The molecule has 130 valence electrons. The topological polar surface area (TPSA) is 45.2 Å². The molecule has 2 heterocycles. The molecule has 5 heteroatoms. The minimum absolute atomic E-state index is 0.111. The first kappa shape index (κ1) is 17.1. The Labute approximate surface area is 147 Å². The zero-order valence-corrected chi connectivity index (χ0v) is 14.5. The number of likely N-dealkylation sites (tertiary alicyclic amines) is 1. The highest BCUT2D eigenvalue weighted by Crippen LogP contribution is 2.26. The molecule has 4 nitrogen and oxygen atoms in total. The molecular formula is C20H22FN3O. The monoisotopic (exact) mass is 339 g/mol. The fraction of sp³-hybridized carbons (Fsp3) is 0.300. The molecule has 3 rings (SSSR count). The Morgan fingerprint density at radius 1 is 1.40 bits per heavy atom. The number of piperidine rings is 1. The highest BCUT2D eigenvalue weighted by atomic mass is 19.1. The van der Waals surface area contributed by atoms with E-state index < -0.39 is 0 Å². The number of amides is 2. The standard InChI is InChI=1S/C20H22FN3O/c1-14-8-16(11-18(21)9-14)10-17-5-7-24(13-15(17)2)20(25)23-19-4-3-6-22-12-19/h3-4,6,8-12,15H,5,7,13H2,1-2H3,(H,23,25). The fourth-order valence-corrected chi connectivity index (χ4v) is 3.15. The van der Waals surface area contributed by atoms with Crippen LogP contribution in [0.25, 0.3) is 6.08 Å². The Morgan fingerprint density at radius 3 is 2.92 bits per heavy atom. The molecule has 1 aromatic carbocycles. The molecule has 0 saturated carbocycles. The van der Waals surface area contributed by atoms with Crippen molar-refractivity contribution in [2.45, 2.75) is 20.3 Å². The normalized spacial score (nSPS) is 19.1. The van der Waals surface area contributed by atoms with Gasteiger partial charge in [-0.05, 0) is 54.7 Å². The van der Waals surface area contributed by atoms with E-state index in [1.54, 1.807) is 24.5 Å². The van der Waals surface area contributed by atoms with Gasteiger partial charge in [-0.25, -0.2) is 9.18 Å². The van der Waals surface area contributed by atoms with E-state index in [1.165, 1.54) is 11.6 Å². The summed E-state index contributed by atoms with van der Waals surface area (Å²) in [5, 5.41) is 2.87. The fourth-order valence-electron chi connectivity index (χ4n) is 3.15. The molecule has 0 bridgehead atoms. The minimum atomic E-state index is -0.215. The second-order valence-electron chi connectivity index (χ2n) is 6.55. The number of benzene rings is 1. The maximum absolute atomic E-state index is 13.6. The highest BCUT2D eigenvalue weighted by molar-refractivity contribution is 5.89. The molecule has 1 aliphatic rings. The number of pyridine rings is 1. The zero-order valence-electron chi connectivity index (χ0n) is 14.5. The first-order valence-electron chi connectivity index (χ1n) is 8.45. The van der Waals surface area contributed by atoms with Crippen molar-refractivity contribution < 1.29 is 9.18 Å². The van der Waals surface area contributed by atoms with Gasteiger partial charge in [-0.15, -0.1) is 0 Å². The molecule has 1 aromatic heterocycles. The molecular weight excluding hydrogens is 317 g/mol. The number of nitrogens with one attached hydrogen (secondary N) is 1. The molecule has 0 spiro atoms. The van der Waals surface area contributed by atoms with Gasteiger partial charge in [0.2, 0.25) is 0 Å². The summed E-state index contributed by atoms with van der Waals surface area (Å²) >= 11 is 0. The van der Waals surface area contributed by atoms with Gasteiger partial charge in [0.25, 0.3) is 0 Å². The van der Waals surface area contributed by atoms with E-state index in [4.69, 9.17) is 0 Å². The number of hydrogen-bond acceptors (Lipinski definition) is 2. The first-order valence-corrected chi connectivity index (χ1v) is 8.45. The van der Waals surface area contributed by atoms with E-state index in [-0.39, 0.29) is 17.8 Å². The van der Waals surface area contributed by atoms with Crippen molar-refractivity contribution in [3.8, 4) is 0 Å². The van der Waals surface area contributed by atoms with E-state index in [1.807, 2.05) is 24.0 Å². The lowest BCUT2D eigenvalue weighted by Crippen LogP contribution is -2.42. The number of carbonyl (C=O) groups excluding carboxylic acids is 1. The maximum Gasteiger partial charge on any atom is 0.321 e. The molecule has 0 radical (unpaired) electrons. The van der Waals surface area contributed by atoms with Gasteiger partial charge in [-0.1, -0.05) is 24.6 Å². The Morgan fingerprint density at radius 2 is 2.24 bits per heavy atom. The van der Waals surface area contributed by atoms with Crippen LogP contribution >= 0.6 is 0 Å². The van der Waals surface area contributed by atoms with Crippen LogP contribution in [0.1, 0.15) is 24.5 Å². The SMILES string of the molecule is Cc1cc(F)cc(C=C2CCN(C(=O)Nc3cccnc3)CC2C)c1. The quantitative estimate of drug-likeness (QED) is 0.876. The number of carbonyl (C=O) groups is 1. The van der Waals surface area contributed by atoms with E-state index in [0.717, 1.165) is 17.5 Å². The first-order chi connectivity index (χ1) is 12.0. The lowest BCUT2D eigenvalue weighted by molar-refractivity contribution is 0.198. The number of halogens is 1. The average Bonchev–Trinajstić information content (AvgIpc) is 2.56. The van der Waals surface area contributed by atoms with E-state index in [2.05, 4.69) is 23.3 Å². The van der Waals surface area contributed by atoms with Crippen molar-refractivity contribution in [1.82, 2.24) is 9.88 Å². The van der Waals surface area contributed by atoms with Crippen molar-refractivity contribution in [2.24, 2.45) is 5.92 Å². The van der Waals surface area contributed by atoms with Gasteiger partial charge in [0.05, 0.1) is 11.9 Å². The van der Waals surface area contributed by atoms with Gasteiger partial charge in [-0.2, -0.15) is 0 Å². The van der Waals surface area contributed by atoms with Crippen LogP contribution in [0.15, 0.2) is 48.3 Å². The minimum Gasteiger partial charge on any atom is -0.324 e. The number of anilines is 1. The molecule has 1 unspecified atom stereocenters. The molecule has 0 aliphatic carbocycles. The zero-order chi connectivity index (χ0) is 17.8. The highest BCUT2D eigenvalue weighted by Gasteiger charge is 2.24. The summed E-state index contributed by atoms with van der Waals surface area (Å²) in [6.07, 6.45) is 6.14. The van der Waals surface area contributed by atoms with E-state index in [9.17, 15) is 9.18 Å². The summed E-state index contributed by atoms with van der Waals surface area (Å²) in [7, 11) is 0. The summed E-state index contributed by atoms with van der Waals surface area (Å²) in [6.45, 7) is 5.28. The summed E-state index contributed by atoms with van der Waals surface area (Å²) in [4.78, 5) is 18.2. The van der Waals surface area contributed by atoms with Gasteiger partial charge in [0, 0.05) is 19.3 Å². The third kappa shape index (κ3) is 4.44. The molecule has 1 saturated heterocycles. The molecule has 2 amide bonds. The largest absolute Gasteiger partial charge is 0.324 e. The van der Waals surface area contributed by atoms with Gasteiger partial charge in [0.15, 0.2) is 0 Å². The molecule has 1 atom stereocenters. The predicted octanol–water partition coefficient (Wildman–Crippen LogP) is 4.49. The van der Waals surface area contributed by atoms with Crippen LogP contribution in [-0.2, 0) is 0 Å². The van der Waals surface area contributed by atoms with Gasteiger partial charge in [0.1, 0.15) is 5.82 Å². The van der Waals surface area contributed by atoms with Crippen molar-refractivity contribution in [2.75, 3.05) is 18.4 Å². The van der Waals surface area contributed by atoms with Crippen LogP contribution < -0.4 is 5.32 Å². The number of urea groups is 1. The van der Waals surface area contributed by atoms with E-state index in [0.29, 0.717) is 18.8 Å². The van der Waals surface area contributed by atoms with Crippen molar-refractivity contribution >= 4 is 17.8 Å². The Hall–Kier alpha value is -2.69. The summed E-state index contributed by atoms with van der Waals surface area (Å²) < 4.78 is 13.6. The molecule has 25 heavy (non-hydrogen) atoms. The smallest absolute Gasteiger partial charge is 0.321 e. The van der Waals surface area contributed by atoms with Crippen LogP contribution in [0.3, 0.4) is 0 Å². The number of aromatic nitrogens is 1. The lowest BCUT2D eigenvalue weighted by Gasteiger charge is -2.33. The lowest BCUT2D eigenvalue weighted by atomic mass is 9.91. The van der Waals surface area contributed by atoms with Crippen LogP contribution in [0.4, 0.5) is 14.9 Å². The van der Waals surface area contributed by atoms with Gasteiger partial charge < -0.3 is 10.2 Å². The molecule has 1 N–H and O–H groups in total. The Bertz CT molecular complexity index is 769. The van der Waals surface area contributed by atoms with Crippen LogP contribution in [0.2, 0.25) is 0 Å². The summed E-state index contributed by atoms with van der Waals surface area (Å²) in [5.74, 6) is 0.0183. The molecule has 1 fully saturated rings.